The van der Waals surface area contributed by atoms with E-state index < -0.39 is 17.2 Å². The standard InChI is InChI=1S/C15H18N4O4S/c1-8(2)11(12(20)17-14(16)21)24-15-19-18-13(23-15)9-4-6-10(22-3)7-5-9/h4-8,11H,1-3H3,(H3,16,17,20,21)/t11-/m1/s1. The molecule has 0 aliphatic carbocycles. The SMILES string of the molecule is COc1ccc(-c2nnc(S[C@@H](C(=O)NC(N)=O)C(C)C)o2)cc1. The van der Waals surface area contributed by atoms with Gasteiger partial charge in [0, 0.05) is 5.56 Å². The Morgan fingerprint density at radius 3 is 2.46 bits per heavy atom. The molecule has 0 saturated carbocycles. The average molecular weight is 350 g/mol. The third-order valence-electron chi connectivity index (χ3n) is 3.08. The summed E-state index contributed by atoms with van der Waals surface area (Å²) in [6, 6.07) is 6.25. The van der Waals surface area contributed by atoms with Crippen LogP contribution in [0.5, 0.6) is 5.75 Å². The lowest BCUT2D eigenvalue weighted by Crippen LogP contribution is -2.42. The zero-order valence-electron chi connectivity index (χ0n) is 13.5. The van der Waals surface area contributed by atoms with Gasteiger partial charge in [-0.1, -0.05) is 25.6 Å². The smallest absolute Gasteiger partial charge is 0.318 e. The van der Waals surface area contributed by atoms with Crippen LogP contribution in [0.1, 0.15) is 13.8 Å². The summed E-state index contributed by atoms with van der Waals surface area (Å²) in [5.74, 6) is 0.492. The quantitative estimate of drug-likeness (QED) is 0.765. The van der Waals surface area contributed by atoms with Crippen LogP contribution >= 0.6 is 11.8 Å². The van der Waals surface area contributed by atoms with Crippen molar-refractivity contribution in [3.05, 3.63) is 24.3 Å². The maximum Gasteiger partial charge on any atom is 0.318 e. The number of hydrogen-bond acceptors (Lipinski definition) is 7. The summed E-state index contributed by atoms with van der Waals surface area (Å²) in [5, 5.41) is 9.64. The minimum Gasteiger partial charge on any atom is -0.497 e. The number of rotatable bonds is 6. The second-order valence-corrected chi connectivity index (χ2v) is 6.33. The van der Waals surface area contributed by atoms with Crippen LogP contribution in [0.15, 0.2) is 33.9 Å². The van der Waals surface area contributed by atoms with Crippen molar-refractivity contribution in [2.24, 2.45) is 11.7 Å². The van der Waals surface area contributed by atoms with Crippen LogP contribution in [0.25, 0.3) is 11.5 Å². The van der Waals surface area contributed by atoms with Gasteiger partial charge in [0.15, 0.2) is 0 Å². The van der Waals surface area contributed by atoms with Gasteiger partial charge >= 0.3 is 6.03 Å². The summed E-state index contributed by atoms with van der Waals surface area (Å²) in [6.45, 7) is 3.69. The zero-order chi connectivity index (χ0) is 17.7. The van der Waals surface area contributed by atoms with E-state index >= 15 is 0 Å². The van der Waals surface area contributed by atoms with Gasteiger partial charge in [0.05, 0.1) is 12.4 Å². The molecule has 1 aromatic carbocycles. The molecule has 8 nitrogen and oxygen atoms in total. The molecule has 3 amide bonds. The highest BCUT2D eigenvalue weighted by Crippen LogP contribution is 2.30. The molecule has 0 aliphatic rings. The first-order chi connectivity index (χ1) is 11.4. The molecule has 0 bridgehead atoms. The number of urea groups is 1. The molecule has 2 aromatic rings. The van der Waals surface area contributed by atoms with Gasteiger partial charge < -0.3 is 14.9 Å². The molecule has 24 heavy (non-hydrogen) atoms. The summed E-state index contributed by atoms with van der Waals surface area (Å²) in [7, 11) is 1.58. The fourth-order valence-electron chi connectivity index (χ4n) is 1.90. The van der Waals surface area contributed by atoms with Crippen LogP contribution in [-0.2, 0) is 4.79 Å². The van der Waals surface area contributed by atoms with Crippen molar-refractivity contribution in [2.45, 2.75) is 24.3 Å². The molecule has 2 rings (SSSR count). The van der Waals surface area contributed by atoms with Crippen LogP contribution in [0.2, 0.25) is 0 Å². The second-order valence-electron chi connectivity index (χ2n) is 5.24. The van der Waals surface area contributed by atoms with Gasteiger partial charge in [-0.15, -0.1) is 10.2 Å². The molecule has 0 fully saturated rings. The number of amides is 3. The van der Waals surface area contributed by atoms with E-state index in [9.17, 15) is 9.59 Å². The van der Waals surface area contributed by atoms with Gasteiger partial charge in [-0.3, -0.25) is 10.1 Å². The average Bonchev–Trinajstić information content (AvgIpc) is 3.00. The number of carbonyl (C=O) groups is 2. The highest BCUT2D eigenvalue weighted by Gasteiger charge is 2.27. The van der Waals surface area contributed by atoms with Crippen molar-refractivity contribution >= 4 is 23.7 Å². The molecule has 0 radical (unpaired) electrons. The maximum atomic E-state index is 12.0. The third-order valence-corrected chi connectivity index (χ3v) is 4.46. The van der Waals surface area contributed by atoms with E-state index in [0.29, 0.717) is 5.89 Å². The fraction of sp³-hybridized carbons (Fsp3) is 0.333. The van der Waals surface area contributed by atoms with Gasteiger partial charge in [-0.25, -0.2) is 4.79 Å². The Kier molecular flexibility index (Phi) is 5.80. The van der Waals surface area contributed by atoms with Crippen LogP contribution in [0.3, 0.4) is 0 Å². The van der Waals surface area contributed by atoms with Crippen molar-refractivity contribution in [1.29, 1.82) is 0 Å². The van der Waals surface area contributed by atoms with Crippen LogP contribution in [0.4, 0.5) is 4.79 Å². The maximum absolute atomic E-state index is 12.0. The molecule has 0 spiro atoms. The Bertz CT molecular complexity index is 715. The zero-order valence-corrected chi connectivity index (χ0v) is 14.3. The number of nitrogens with two attached hydrogens (primary N) is 1. The minimum absolute atomic E-state index is 0.0642. The van der Waals surface area contributed by atoms with Crippen molar-refractivity contribution in [2.75, 3.05) is 7.11 Å². The Morgan fingerprint density at radius 2 is 1.92 bits per heavy atom. The summed E-state index contributed by atoms with van der Waals surface area (Å²) >= 11 is 1.09. The molecule has 1 aromatic heterocycles. The van der Waals surface area contributed by atoms with Gasteiger partial charge in [0.1, 0.15) is 5.75 Å². The highest BCUT2D eigenvalue weighted by molar-refractivity contribution is 8.00. The number of carbonyl (C=O) groups excluding carboxylic acids is 2. The molecular weight excluding hydrogens is 332 g/mol. The predicted octanol–water partition coefficient (Wildman–Crippen LogP) is 2.06. The lowest BCUT2D eigenvalue weighted by Gasteiger charge is -2.16. The van der Waals surface area contributed by atoms with Crippen molar-refractivity contribution in [3.63, 3.8) is 0 Å². The number of ether oxygens (including phenoxy) is 1. The van der Waals surface area contributed by atoms with Gasteiger partial charge in [-0.05, 0) is 30.2 Å². The van der Waals surface area contributed by atoms with E-state index in [2.05, 4.69) is 15.5 Å². The normalized spacial score (nSPS) is 12.0. The Hall–Kier alpha value is -2.55. The molecule has 0 unspecified atom stereocenters. The molecule has 1 atom stereocenters. The Morgan fingerprint density at radius 1 is 1.25 bits per heavy atom. The summed E-state index contributed by atoms with van der Waals surface area (Å²) in [6.07, 6.45) is 0. The number of aromatic nitrogens is 2. The largest absolute Gasteiger partial charge is 0.497 e. The first-order valence-electron chi connectivity index (χ1n) is 7.15. The van der Waals surface area contributed by atoms with Crippen LogP contribution in [0, 0.1) is 5.92 Å². The predicted molar refractivity (Wildman–Crippen MR) is 88.5 cm³/mol. The van der Waals surface area contributed by atoms with Crippen LogP contribution < -0.4 is 15.8 Å². The van der Waals surface area contributed by atoms with Gasteiger partial charge in [0.25, 0.3) is 5.22 Å². The molecule has 0 saturated heterocycles. The van der Waals surface area contributed by atoms with E-state index in [-0.39, 0.29) is 11.1 Å². The van der Waals surface area contributed by atoms with E-state index in [1.165, 1.54) is 0 Å². The topological polar surface area (TPSA) is 120 Å². The molecular formula is C15H18N4O4S. The van der Waals surface area contributed by atoms with Crippen molar-refractivity contribution in [1.82, 2.24) is 15.5 Å². The number of nitrogens with one attached hydrogen (secondary N) is 1. The van der Waals surface area contributed by atoms with Crippen LogP contribution in [-0.4, -0.2) is 34.5 Å². The first kappa shape index (κ1) is 17.8. The van der Waals surface area contributed by atoms with Gasteiger partial charge in [0.2, 0.25) is 11.8 Å². The Balaban J connectivity index is 2.13. The number of thioether (sulfide) groups is 1. The number of nitrogens with zero attached hydrogens (tertiary/aromatic N) is 2. The van der Waals surface area contributed by atoms with Crippen molar-refractivity contribution in [3.8, 4) is 17.2 Å². The third kappa shape index (κ3) is 4.48. The number of methoxy groups -OCH3 is 1. The number of imide groups is 1. The summed E-state index contributed by atoms with van der Waals surface area (Å²) in [5.41, 5.74) is 5.72. The van der Waals surface area contributed by atoms with E-state index in [1.54, 1.807) is 31.4 Å². The second kappa shape index (κ2) is 7.82. The summed E-state index contributed by atoms with van der Waals surface area (Å²) in [4.78, 5) is 22.9. The minimum atomic E-state index is -0.893. The number of hydrogen-bond donors (Lipinski definition) is 2. The number of primary amides is 1. The number of benzene rings is 1. The van der Waals surface area contributed by atoms with E-state index in [1.807, 2.05) is 13.8 Å². The molecule has 1 heterocycles. The van der Waals surface area contributed by atoms with E-state index in [0.717, 1.165) is 23.1 Å². The molecule has 128 valence electrons. The lowest BCUT2D eigenvalue weighted by molar-refractivity contribution is -0.120. The van der Waals surface area contributed by atoms with E-state index in [4.69, 9.17) is 14.9 Å². The van der Waals surface area contributed by atoms with Crippen molar-refractivity contribution < 1.29 is 18.7 Å². The molecule has 3 N–H and O–H groups in total. The molecule has 0 aliphatic heterocycles. The monoisotopic (exact) mass is 350 g/mol. The Labute approximate surface area is 143 Å². The lowest BCUT2D eigenvalue weighted by atomic mass is 10.1. The molecule has 9 heteroatoms. The highest BCUT2D eigenvalue weighted by atomic mass is 32.2. The first-order valence-corrected chi connectivity index (χ1v) is 8.03. The summed E-state index contributed by atoms with van der Waals surface area (Å²) < 4.78 is 10.7. The fourth-order valence-corrected chi connectivity index (χ4v) is 2.77. The van der Waals surface area contributed by atoms with Gasteiger partial charge in [-0.2, -0.15) is 0 Å².